The second-order valence-electron chi connectivity index (χ2n) is 10.8. The maximum atomic E-state index is 14.0. The zero-order chi connectivity index (χ0) is 30.8. The van der Waals surface area contributed by atoms with Crippen molar-refractivity contribution in [3.05, 3.63) is 141 Å². The minimum absolute atomic E-state index is 0.0855. The monoisotopic (exact) mass is 607 g/mol. The molecule has 0 aliphatic heterocycles. The van der Waals surface area contributed by atoms with Crippen LogP contribution in [0, 0.1) is 0 Å². The first-order valence-corrected chi connectivity index (χ1v) is 16.0. The number of aromatic amines is 1. The fourth-order valence-corrected chi connectivity index (χ4v) is 7.10. The Hall–Kier alpha value is -4.86. The van der Waals surface area contributed by atoms with Crippen LogP contribution >= 0.6 is 0 Å². The van der Waals surface area contributed by atoms with Crippen molar-refractivity contribution in [2.75, 3.05) is 13.7 Å². The van der Waals surface area contributed by atoms with Crippen LogP contribution in [0.3, 0.4) is 0 Å². The standard InChI is InChI=1S/C35H33N3O5S/c1-38-30-15-9-7-13-28(30)34(39)32(35(38)40)31(24-16-18-25(43-2)19-17-24)33-27(26-12-6-8-14-29(26)37-33)20-21-36-44(41,42)22-23-10-4-3-5-11-23/h3-19,31,36-37,39H,20-22H2,1-2H3. The van der Waals surface area contributed by atoms with Gasteiger partial charge in [-0.2, -0.15) is 0 Å². The van der Waals surface area contributed by atoms with E-state index in [1.807, 2.05) is 78.9 Å². The molecule has 8 nitrogen and oxygen atoms in total. The summed E-state index contributed by atoms with van der Waals surface area (Å²) in [5.41, 5.74) is 4.42. The molecule has 0 aliphatic rings. The number of hydrogen-bond acceptors (Lipinski definition) is 5. The molecule has 0 fully saturated rings. The summed E-state index contributed by atoms with van der Waals surface area (Å²) in [6.45, 7) is 0.154. The van der Waals surface area contributed by atoms with E-state index in [1.54, 1.807) is 43.0 Å². The zero-order valence-corrected chi connectivity index (χ0v) is 25.3. The molecule has 0 spiro atoms. The van der Waals surface area contributed by atoms with Crippen molar-refractivity contribution in [2.45, 2.75) is 18.1 Å². The Morgan fingerprint density at radius 3 is 2.27 bits per heavy atom. The third kappa shape index (κ3) is 5.59. The van der Waals surface area contributed by atoms with E-state index in [4.69, 9.17) is 4.74 Å². The molecule has 1 unspecified atom stereocenters. The van der Waals surface area contributed by atoms with Crippen molar-refractivity contribution in [2.24, 2.45) is 7.05 Å². The molecule has 6 aromatic rings. The Kier molecular flexibility index (Phi) is 7.99. The van der Waals surface area contributed by atoms with Crippen LogP contribution in [-0.4, -0.2) is 36.7 Å². The van der Waals surface area contributed by atoms with Gasteiger partial charge in [-0.3, -0.25) is 4.79 Å². The van der Waals surface area contributed by atoms with Crippen molar-refractivity contribution in [1.82, 2.24) is 14.3 Å². The number of pyridine rings is 1. The molecule has 224 valence electrons. The van der Waals surface area contributed by atoms with Gasteiger partial charge in [0, 0.05) is 35.6 Å². The van der Waals surface area contributed by atoms with Gasteiger partial charge in [0.1, 0.15) is 11.5 Å². The average Bonchev–Trinajstić information content (AvgIpc) is 3.40. The van der Waals surface area contributed by atoms with Crippen LogP contribution in [0.1, 0.15) is 33.9 Å². The topological polar surface area (TPSA) is 113 Å². The molecule has 44 heavy (non-hydrogen) atoms. The molecular formula is C35H33N3O5S. The molecular weight excluding hydrogens is 574 g/mol. The number of fused-ring (bicyclic) bond motifs is 2. The molecule has 1 atom stereocenters. The highest BCUT2D eigenvalue weighted by Gasteiger charge is 2.30. The molecule has 9 heteroatoms. The highest BCUT2D eigenvalue weighted by Crippen LogP contribution is 2.41. The Morgan fingerprint density at radius 1 is 0.886 bits per heavy atom. The summed E-state index contributed by atoms with van der Waals surface area (Å²) < 4.78 is 35.6. The molecule has 0 amide bonds. The predicted molar refractivity (Wildman–Crippen MR) is 174 cm³/mol. The number of benzene rings is 4. The number of ether oxygens (including phenoxy) is 1. The molecule has 0 saturated heterocycles. The Labute approximate surface area is 255 Å². The molecule has 0 bridgehead atoms. The smallest absolute Gasteiger partial charge is 0.258 e. The van der Waals surface area contributed by atoms with E-state index in [-0.39, 0.29) is 29.2 Å². The van der Waals surface area contributed by atoms with Crippen molar-refractivity contribution in [1.29, 1.82) is 0 Å². The Balaban J connectivity index is 1.48. The highest BCUT2D eigenvalue weighted by molar-refractivity contribution is 7.88. The van der Waals surface area contributed by atoms with E-state index in [2.05, 4.69) is 9.71 Å². The fraction of sp³-hybridized carbons (Fsp3) is 0.171. The number of hydrogen-bond donors (Lipinski definition) is 3. The molecule has 0 radical (unpaired) electrons. The van der Waals surface area contributed by atoms with E-state index in [0.717, 1.165) is 22.0 Å². The summed E-state index contributed by atoms with van der Waals surface area (Å²) in [7, 11) is -0.307. The summed E-state index contributed by atoms with van der Waals surface area (Å²) in [5, 5.41) is 13.2. The number of para-hydroxylation sites is 2. The van der Waals surface area contributed by atoms with Crippen LogP contribution in [0.5, 0.6) is 11.5 Å². The molecule has 0 aliphatic carbocycles. The van der Waals surface area contributed by atoms with Crippen LogP contribution in [-0.2, 0) is 29.2 Å². The minimum Gasteiger partial charge on any atom is -0.507 e. The second-order valence-corrected chi connectivity index (χ2v) is 12.6. The number of aryl methyl sites for hydroxylation is 1. The van der Waals surface area contributed by atoms with Gasteiger partial charge >= 0.3 is 0 Å². The molecule has 2 heterocycles. The highest BCUT2D eigenvalue weighted by atomic mass is 32.2. The fourth-order valence-electron chi connectivity index (χ4n) is 5.95. The van der Waals surface area contributed by atoms with Gasteiger partial charge in [-0.15, -0.1) is 0 Å². The second kappa shape index (κ2) is 12.0. The van der Waals surface area contributed by atoms with E-state index in [1.165, 1.54) is 0 Å². The summed E-state index contributed by atoms with van der Waals surface area (Å²) >= 11 is 0. The van der Waals surface area contributed by atoms with Gasteiger partial charge in [-0.25, -0.2) is 13.1 Å². The number of H-pyrrole nitrogens is 1. The Morgan fingerprint density at radius 2 is 1.55 bits per heavy atom. The maximum absolute atomic E-state index is 14.0. The first-order chi connectivity index (χ1) is 21.3. The van der Waals surface area contributed by atoms with Crippen molar-refractivity contribution in [3.63, 3.8) is 0 Å². The van der Waals surface area contributed by atoms with Gasteiger partial charge in [0.25, 0.3) is 5.56 Å². The summed E-state index contributed by atoms with van der Waals surface area (Å²) in [6.07, 6.45) is 0.356. The number of methoxy groups -OCH3 is 1. The lowest BCUT2D eigenvalue weighted by molar-refractivity contribution is 0.414. The number of rotatable bonds is 10. The van der Waals surface area contributed by atoms with Crippen LogP contribution in [0.2, 0.25) is 0 Å². The van der Waals surface area contributed by atoms with E-state index in [9.17, 15) is 18.3 Å². The van der Waals surface area contributed by atoms with Crippen molar-refractivity contribution >= 4 is 31.8 Å². The lowest BCUT2D eigenvalue weighted by Gasteiger charge is -2.22. The first kappa shape index (κ1) is 29.2. The third-order valence-corrected chi connectivity index (χ3v) is 9.44. The number of nitrogens with one attached hydrogen (secondary N) is 2. The number of aromatic hydroxyl groups is 1. The largest absolute Gasteiger partial charge is 0.507 e. The van der Waals surface area contributed by atoms with Gasteiger partial charge in [-0.1, -0.05) is 72.8 Å². The van der Waals surface area contributed by atoms with Crippen molar-refractivity contribution in [3.8, 4) is 11.5 Å². The minimum atomic E-state index is -3.60. The van der Waals surface area contributed by atoms with Gasteiger partial charge in [0.15, 0.2) is 0 Å². The van der Waals surface area contributed by atoms with Gasteiger partial charge < -0.3 is 19.4 Å². The molecule has 0 saturated carbocycles. The quantitative estimate of drug-likeness (QED) is 0.188. The van der Waals surface area contributed by atoms with Crippen LogP contribution in [0.15, 0.2) is 108 Å². The summed E-state index contributed by atoms with van der Waals surface area (Å²) in [5.74, 6) is -0.234. The SMILES string of the molecule is COc1ccc(C(c2[nH]c3ccccc3c2CCNS(=O)(=O)Cc2ccccc2)c2c(O)c3ccccc3n(C)c2=O)cc1. The third-order valence-electron chi connectivity index (χ3n) is 8.08. The number of sulfonamides is 1. The van der Waals surface area contributed by atoms with Crippen molar-refractivity contribution < 1.29 is 18.3 Å². The van der Waals surface area contributed by atoms with E-state index >= 15 is 0 Å². The zero-order valence-electron chi connectivity index (χ0n) is 24.4. The first-order valence-electron chi connectivity index (χ1n) is 14.3. The Bertz CT molecular complexity index is 2120. The lowest BCUT2D eigenvalue weighted by Crippen LogP contribution is -2.28. The molecule has 2 aromatic heterocycles. The van der Waals surface area contributed by atoms with E-state index < -0.39 is 15.9 Å². The molecule has 4 aromatic carbocycles. The van der Waals surface area contributed by atoms with Crippen LogP contribution < -0.4 is 15.0 Å². The van der Waals surface area contributed by atoms with Gasteiger partial charge in [-0.05, 0) is 53.4 Å². The van der Waals surface area contributed by atoms with Gasteiger partial charge in [0.05, 0.1) is 29.9 Å². The maximum Gasteiger partial charge on any atom is 0.258 e. The molecule has 3 N–H and O–H groups in total. The number of nitrogens with zero attached hydrogens (tertiary/aromatic N) is 1. The summed E-state index contributed by atoms with van der Waals surface area (Å²) in [4.78, 5) is 17.6. The number of aromatic nitrogens is 2. The van der Waals surface area contributed by atoms with Gasteiger partial charge in [0.2, 0.25) is 10.0 Å². The normalized spacial score (nSPS) is 12.5. The van der Waals surface area contributed by atoms with Crippen LogP contribution in [0.25, 0.3) is 21.8 Å². The average molecular weight is 608 g/mol. The van der Waals surface area contributed by atoms with Crippen LogP contribution in [0.4, 0.5) is 0 Å². The summed E-state index contributed by atoms with van der Waals surface area (Å²) in [6, 6.07) is 31.5. The van der Waals surface area contributed by atoms with E-state index in [0.29, 0.717) is 34.3 Å². The lowest BCUT2D eigenvalue weighted by atomic mass is 9.85. The predicted octanol–water partition coefficient (Wildman–Crippen LogP) is 5.58. The molecule has 6 rings (SSSR count).